The number of nitrogens with one attached hydrogen (secondary N) is 1. The van der Waals surface area contributed by atoms with E-state index in [0.29, 0.717) is 19.0 Å². The van der Waals surface area contributed by atoms with Crippen LogP contribution in [0.1, 0.15) is 31.2 Å². The predicted molar refractivity (Wildman–Crippen MR) is 98.1 cm³/mol. The molecule has 2 aromatic heterocycles. The van der Waals surface area contributed by atoms with Crippen molar-refractivity contribution in [2.45, 2.75) is 38.3 Å². The lowest BCUT2D eigenvalue weighted by Gasteiger charge is -2.17. The van der Waals surface area contributed by atoms with E-state index in [1.54, 1.807) is 0 Å². The van der Waals surface area contributed by atoms with Gasteiger partial charge in [0.15, 0.2) is 5.76 Å². The third kappa shape index (κ3) is 3.48. The number of aliphatic hydroxyl groups is 1. The van der Waals surface area contributed by atoms with E-state index in [0.717, 1.165) is 40.8 Å². The van der Waals surface area contributed by atoms with Gasteiger partial charge in [-0.1, -0.05) is 31.0 Å². The van der Waals surface area contributed by atoms with Crippen molar-refractivity contribution in [1.29, 1.82) is 0 Å². The van der Waals surface area contributed by atoms with Gasteiger partial charge in [-0.15, -0.1) is 0 Å². The van der Waals surface area contributed by atoms with Crippen LogP contribution in [0.5, 0.6) is 0 Å². The predicted octanol–water partition coefficient (Wildman–Crippen LogP) is 3.47. The summed E-state index contributed by atoms with van der Waals surface area (Å²) in [5.74, 6) is 1.24. The van der Waals surface area contributed by atoms with Crippen molar-refractivity contribution >= 4 is 11.0 Å². The molecule has 5 heteroatoms. The van der Waals surface area contributed by atoms with Crippen molar-refractivity contribution in [2.24, 2.45) is 13.0 Å². The van der Waals surface area contributed by atoms with Gasteiger partial charge in [0.25, 0.3) is 0 Å². The first-order valence-electron chi connectivity index (χ1n) is 9.11. The minimum atomic E-state index is -0.256. The third-order valence-corrected chi connectivity index (χ3v) is 5.18. The number of hydrogen-bond acceptors (Lipinski definition) is 4. The minimum Gasteiger partial charge on any atom is -0.454 e. The lowest BCUT2D eigenvalue weighted by atomic mass is 10.0. The zero-order chi connectivity index (χ0) is 17.2. The number of rotatable bonds is 6. The molecular formula is C20H25N3O2. The highest BCUT2D eigenvalue weighted by Gasteiger charge is 2.23. The highest BCUT2D eigenvalue weighted by molar-refractivity contribution is 5.82. The van der Waals surface area contributed by atoms with Gasteiger partial charge < -0.3 is 14.8 Å². The number of aliphatic hydroxyl groups excluding tert-OH is 1. The second-order valence-electron chi connectivity index (χ2n) is 7.07. The number of furan rings is 1. The molecule has 0 aliphatic heterocycles. The normalized spacial score (nSPS) is 16.7. The van der Waals surface area contributed by atoms with Gasteiger partial charge in [0.2, 0.25) is 0 Å². The van der Waals surface area contributed by atoms with Crippen LogP contribution in [-0.2, 0) is 13.6 Å². The average molecular weight is 339 g/mol. The Morgan fingerprint density at radius 2 is 2.12 bits per heavy atom. The summed E-state index contributed by atoms with van der Waals surface area (Å²) >= 11 is 0. The van der Waals surface area contributed by atoms with Crippen molar-refractivity contribution in [2.75, 3.05) is 6.54 Å². The van der Waals surface area contributed by atoms with Crippen LogP contribution in [0.25, 0.3) is 22.4 Å². The molecule has 4 rings (SSSR count). The van der Waals surface area contributed by atoms with Gasteiger partial charge in [-0.3, -0.25) is 4.68 Å². The molecule has 1 aromatic carbocycles. The topological polar surface area (TPSA) is 63.2 Å². The maximum Gasteiger partial charge on any atom is 0.156 e. The van der Waals surface area contributed by atoms with Crippen LogP contribution in [0.2, 0.25) is 0 Å². The molecule has 5 nitrogen and oxygen atoms in total. The Morgan fingerprint density at radius 3 is 2.92 bits per heavy atom. The van der Waals surface area contributed by atoms with E-state index in [4.69, 9.17) is 4.42 Å². The molecule has 2 N–H and O–H groups in total. The quantitative estimate of drug-likeness (QED) is 0.722. The number of aryl methyl sites for hydroxylation is 1. The molecule has 1 fully saturated rings. The average Bonchev–Trinajstić information content (AvgIpc) is 3.33. The SMILES string of the molecule is Cn1cc(CNCC(O)C2CCCC2)c(-c2cc3ccccc3o2)n1. The Kier molecular flexibility index (Phi) is 4.59. The lowest BCUT2D eigenvalue weighted by Crippen LogP contribution is -2.31. The molecule has 1 unspecified atom stereocenters. The van der Waals surface area contributed by atoms with Crippen LogP contribution >= 0.6 is 0 Å². The number of hydrogen-bond donors (Lipinski definition) is 2. The van der Waals surface area contributed by atoms with Gasteiger partial charge in [0.05, 0.1) is 6.10 Å². The Morgan fingerprint density at radius 1 is 1.32 bits per heavy atom. The van der Waals surface area contributed by atoms with Crippen molar-refractivity contribution in [1.82, 2.24) is 15.1 Å². The molecule has 1 aliphatic rings. The van der Waals surface area contributed by atoms with Crippen molar-refractivity contribution in [3.63, 3.8) is 0 Å². The zero-order valence-electron chi connectivity index (χ0n) is 14.6. The van der Waals surface area contributed by atoms with Crippen molar-refractivity contribution in [3.8, 4) is 11.5 Å². The first-order chi connectivity index (χ1) is 12.2. The molecule has 0 amide bonds. The number of aromatic nitrogens is 2. The van der Waals surface area contributed by atoms with Gasteiger partial charge >= 0.3 is 0 Å². The first kappa shape index (κ1) is 16.4. The highest BCUT2D eigenvalue weighted by atomic mass is 16.3. The van der Waals surface area contributed by atoms with Crippen LogP contribution in [0.3, 0.4) is 0 Å². The summed E-state index contributed by atoms with van der Waals surface area (Å²) in [5, 5.41) is 19.4. The Bertz CT molecular complexity index is 813. The molecule has 2 heterocycles. The lowest BCUT2D eigenvalue weighted by molar-refractivity contribution is 0.109. The van der Waals surface area contributed by atoms with E-state index in [1.807, 2.05) is 48.3 Å². The third-order valence-electron chi connectivity index (χ3n) is 5.18. The number of benzene rings is 1. The van der Waals surface area contributed by atoms with E-state index in [-0.39, 0.29) is 6.10 Å². The Balaban J connectivity index is 1.47. The fourth-order valence-electron chi connectivity index (χ4n) is 3.84. The highest BCUT2D eigenvalue weighted by Crippen LogP contribution is 2.29. The van der Waals surface area contributed by atoms with Gasteiger partial charge in [0, 0.05) is 37.3 Å². The molecule has 0 saturated heterocycles. The fourth-order valence-corrected chi connectivity index (χ4v) is 3.84. The number of para-hydroxylation sites is 1. The van der Waals surface area contributed by atoms with Gasteiger partial charge in [-0.2, -0.15) is 5.10 Å². The molecule has 1 saturated carbocycles. The summed E-state index contributed by atoms with van der Waals surface area (Å²) in [5.41, 5.74) is 2.82. The molecule has 1 atom stereocenters. The van der Waals surface area contributed by atoms with Gasteiger partial charge in [-0.05, 0) is 30.9 Å². The standard InChI is InChI=1S/C20H25N3O2/c1-23-13-16(11-21-12-17(24)14-6-2-3-7-14)20(22-23)19-10-15-8-4-5-9-18(15)25-19/h4-5,8-10,13-14,17,21,24H,2-3,6-7,11-12H2,1H3. The van der Waals surface area contributed by atoms with Crippen LogP contribution in [0.15, 0.2) is 40.9 Å². The Hall–Kier alpha value is -2.11. The molecule has 25 heavy (non-hydrogen) atoms. The van der Waals surface area contributed by atoms with Crippen LogP contribution in [0, 0.1) is 5.92 Å². The molecule has 3 aromatic rings. The van der Waals surface area contributed by atoms with Crippen LogP contribution in [-0.4, -0.2) is 27.5 Å². The maximum absolute atomic E-state index is 10.3. The molecule has 132 valence electrons. The van der Waals surface area contributed by atoms with Crippen molar-refractivity contribution in [3.05, 3.63) is 42.1 Å². The first-order valence-corrected chi connectivity index (χ1v) is 9.11. The monoisotopic (exact) mass is 339 g/mol. The maximum atomic E-state index is 10.3. The van der Waals surface area contributed by atoms with Gasteiger partial charge in [0.1, 0.15) is 11.3 Å². The number of nitrogens with zero attached hydrogens (tertiary/aromatic N) is 2. The second-order valence-corrected chi connectivity index (χ2v) is 7.07. The van der Waals surface area contributed by atoms with Crippen LogP contribution < -0.4 is 5.32 Å². The summed E-state index contributed by atoms with van der Waals surface area (Å²) < 4.78 is 7.78. The Labute approximate surface area is 147 Å². The smallest absolute Gasteiger partial charge is 0.156 e. The van der Waals surface area contributed by atoms with E-state index in [9.17, 15) is 5.11 Å². The molecule has 0 radical (unpaired) electrons. The largest absolute Gasteiger partial charge is 0.454 e. The van der Waals surface area contributed by atoms with Crippen molar-refractivity contribution < 1.29 is 9.52 Å². The summed E-state index contributed by atoms with van der Waals surface area (Å²) in [4.78, 5) is 0. The summed E-state index contributed by atoms with van der Waals surface area (Å²) in [6, 6.07) is 10.0. The van der Waals surface area contributed by atoms with Crippen LogP contribution in [0.4, 0.5) is 0 Å². The fraction of sp³-hybridized carbons (Fsp3) is 0.450. The molecular weight excluding hydrogens is 314 g/mol. The van der Waals surface area contributed by atoms with Gasteiger partial charge in [-0.25, -0.2) is 0 Å². The van der Waals surface area contributed by atoms with E-state index >= 15 is 0 Å². The summed E-state index contributed by atoms with van der Waals surface area (Å²) in [7, 11) is 1.92. The summed E-state index contributed by atoms with van der Waals surface area (Å²) in [6.45, 7) is 1.29. The second kappa shape index (κ2) is 7.02. The molecule has 0 spiro atoms. The zero-order valence-corrected chi connectivity index (χ0v) is 14.6. The number of fused-ring (bicyclic) bond motifs is 1. The van der Waals surface area contributed by atoms with E-state index < -0.39 is 0 Å². The molecule has 0 bridgehead atoms. The van der Waals surface area contributed by atoms with E-state index in [1.165, 1.54) is 12.8 Å². The molecule has 1 aliphatic carbocycles. The minimum absolute atomic E-state index is 0.256. The summed E-state index contributed by atoms with van der Waals surface area (Å²) in [6.07, 6.45) is 6.56. The van der Waals surface area contributed by atoms with E-state index in [2.05, 4.69) is 10.4 Å².